The summed E-state index contributed by atoms with van der Waals surface area (Å²) in [4.78, 5) is 2.47. The summed E-state index contributed by atoms with van der Waals surface area (Å²) >= 11 is 0. The number of anilines is 3. The topological polar surface area (TPSA) is 8.17 Å². The van der Waals surface area contributed by atoms with Crippen molar-refractivity contribution in [3.05, 3.63) is 300 Å². The van der Waals surface area contributed by atoms with Crippen molar-refractivity contribution in [2.75, 3.05) is 4.90 Å². The maximum absolute atomic E-state index is 2.47. The van der Waals surface area contributed by atoms with E-state index < -0.39 is 5.41 Å². The molecule has 1 aromatic heterocycles. The Kier molecular flexibility index (Phi) is 9.50. The summed E-state index contributed by atoms with van der Waals surface area (Å²) in [5.74, 6) is 0. The number of rotatable bonds is 8. The van der Waals surface area contributed by atoms with Gasteiger partial charge in [0.25, 0.3) is 0 Å². The number of aromatic nitrogens is 1. The number of hydrogen-bond acceptors (Lipinski definition) is 1. The second kappa shape index (κ2) is 16.3. The molecule has 14 rings (SSSR count). The highest BCUT2D eigenvalue weighted by molar-refractivity contribution is 6.09. The maximum Gasteiger partial charge on any atom is 0.0713 e. The number of para-hydroxylation sites is 2. The van der Waals surface area contributed by atoms with Gasteiger partial charge in [0.1, 0.15) is 0 Å². The summed E-state index contributed by atoms with van der Waals surface area (Å²) in [6.07, 6.45) is 0. The molecule has 0 radical (unpaired) electrons. The first-order valence-electron chi connectivity index (χ1n) is 25.2. The van der Waals surface area contributed by atoms with Gasteiger partial charge in [-0.05, 0) is 139 Å². The molecule has 0 amide bonds. The van der Waals surface area contributed by atoms with Gasteiger partial charge in [0.15, 0.2) is 0 Å². The lowest BCUT2D eigenvalue weighted by Crippen LogP contribution is -2.28. The number of fused-ring (bicyclic) bond motifs is 9. The second-order valence-corrected chi connectivity index (χ2v) is 20.0. The molecule has 0 N–H and O–H groups in total. The van der Waals surface area contributed by atoms with Gasteiger partial charge in [-0.3, -0.25) is 0 Å². The molecule has 11 aromatic carbocycles. The zero-order chi connectivity index (χ0) is 48.0. The second-order valence-electron chi connectivity index (χ2n) is 20.0. The predicted molar refractivity (Wildman–Crippen MR) is 301 cm³/mol. The van der Waals surface area contributed by atoms with Crippen molar-refractivity contribution in [1.82, 2.24) is 4.57 Å². The number of hydrogen-bond donors (Lipinski definition) is 0. The van der Waals surface area contributed by atoms with Gasteiger partial charge >= 0.3 is 0 Å². The van der Waals surface area contributed by atoms with Gasteiger partial charge in [-0.15, -0.1) is 0 Å². The average molecular weight is 919 g/mol. The molecule has 0 atom stereocenters. The molecule has 12 aromatic rings. The first-order valence-corrected chi connectivity index (χ1v) is 25.2. The third kappa shape index (κ3) is 6.28. The molecular formula is C70H50N2. The van der Waals surface area contributed by atoms with Crippen LogP contribution in [0, 0.1) is 0 Å². The summed E-state index contributed by atoms with van der Waals surface area (Å²) in [6.45, 7) is 4.80. The Bertz CT molecular complexity index is 3940. The van der Waals surface area contributed by atoms with Crippen molar-refractivity contribution in [2.45, 2.75) is 24.7 Å². The summed E-state index contributed by atoms with van der Waals surface area (Å²) < 4.78 is 2.44. The molecule has 0 aliphatic heterocycles. The van der Waals surface area contributed by atoms with Gasteiger partial charge in [0, 0.05) is 38.9 Å². The first-order chi connectivity index (χ1) is 35.5. The van der Waals surface area contributed by atoms with Crippen molar-refractivity contribution in [2.24, 2.45) is 0 Å². The molecule has 0 fully saturated rings. The Hall–Kier alpha value is -8.98. The fourth-order valence-corrected chi connectivity index (χ4v) is 12.5. The monoisotopic (exact) mass is 918 g/mol. The van der Waals surface area contributed by atoms with Crippen LogP contribution in [0.1, 0.15) is 47.2 Å². The smallest absolute Gasteiger partial charge is 0.0713 e. The van der Waals surface area contributed by atoms with Crippen molar-refractivity contribution < 1.29 is 0 Å². The average Bonchev–Trinajstić information content (AvgIpc) is 4.03. The van der Waals surface area contributed by atoms with Crippen LogP contribution in [-0.2, 0) is 10.8 Å². The molecular weight excluding hydrogens is 869 g/mol. The van der Waals surface area contributed by atoms with E-state index in [1.54, 1.807) is 0 Å². The third-order valence-electron chi connectivity index (χ3n) is 15.9. The van der Waals surface area contributed by atoms with Crippen molar-refractivity contribution >= 4 is 38.9 Å². The molecule has 72 heavy (non-hydrogen) atoms. The van der Waals surface area contributed by atoms with Gasteiger partial charge in [-0.25, -0.2) is 0 Å². The molecule has 2 heteroatoms. The maximum atomic E-state index is 2.47. The Balaban J connectivity index is 0.916. The fraction of sp³-hybridized carbons (Fsp3) is 0.0571. The van der Waals surface area contributed by atoms with Crippen LogP contribution in [0.4, 0.5) is 17.1 Å². The van der Waals surface area contributed by atoms with Crippen molar-refractivity contribution in [1.29, 1.82) is 0 Å². The SMILES string of the molecule is CC1(C)c2cc(N(c3ccc(-c4ccc(-c5ccccc5)cc4)cc3)c3ccc4c(c3)-c3ccccc3C4(c3ccccc3)c3ccccc3)ccc2-c2ccc(-n3c4ccccc4c4ccccc43)cc21. The van der Waals surface area contributed by atoms with Crippen LogP contribution in [0.2, 0.25) is 0 Å². The molecule has 340 valence electrons. The van der Waals surface area contributed by atoms with E-state index in [-0.39, 0.29) is 5.41 Å². The number of nitrogens with zero attached hydrogens (tertiary/aromatic N) is 2. The highest BCUT2D eigenvalue weighted by atomic mass is 15.1. The van der Waals surface area contributed by atoms with E-state index in [0.717, 1.165) is 17.1 Å². The minimum Gasteiger partial charge on any atom is -0.310 e. The molecule has 2 nitrogen and oxygen atoms in total. The van der Waals surface area contributed by atoms with E-state index in [1.807, 2.05) is 0 Å². The lowest BCUT2D eigenvalue weighted by molar-refractivity contribution is 0.660. The van der Waals surface area contributed by atoms with E-state index in [2.05, 4.69) is 290 Å². The van der Waals surface area contributed by atoms with E-state index in [4.69, 9.17) is 0 Å². The Labute approximate surface area is 421 Å². The van der Waals surface area contributed by atoms with Crippen LogP contribution in [0.5, 0.6) is 0 Å². The fourth-order valence-electron chi connectivity index (χ4n) is 12.5. The molecule has 0 bridgehead atoms. The standard InChI is InChI=1S/C70H50N2/c1-69(2)65-45-55(38-41-58(65)59-42-39-56(46-66(59)69)72-67-28-16-13-25-60(67)61-26-14-17-29-68(61)72)71(53-36-34-50(35-37-53)49-32-30-48(31-33-49)47-18-6-3-7-19-47)54-40-43-64-62(44-54)57-24-12-15-27-63(57)70(64,51-20-8-4-9-21-51)52-22-10-5-11-23-52/h3-46H,1-2H3. The lowest BCUT2D eigenvalue weighted by Gasteiger charge is -2.34. The highest BCUT2D eigenvalue weighted by Crippen LogP contribution is 2.58. The summed E-state index contributed by atoms with van der Waals surface area (Å²) in [6, 6.07) is 99.0. The first kappa shape index (κ1) is 41.9. The molecule has 1 heterocycles. The summed E-state index contributed by atoms with van der Waals surface area (Å²) in [5, 5.41) is 2.55. The van der Waals surface area contributed by atoms with Crippen LogP contribution in [-0.4, -0.2) is 4.57 Å². The zero-order valence-electron chi connectivity index (χ0n) is 40.3. The minimum absolute atomic E-state index is 0.265. The minimum atomic E-state index is -0.475. The lowest BCUT2D eigenvalue weighted by atomic mass is 9.68. The van der Waals surface area contributed by atoms with Crippen LogP contribution in [0.3, 0.4) is 0 Å². The quantitative estimate of drug-likeness (QED) is 0.147. The van der Waals surface area contributed by atoms with Crippen LogP contribution in [0.15, 0.2) is 267 Å². The largest absolute Gasteiger partial charge is 0.310 e. The Morgan fingerprint density at radius 3 is 1.36 bits per heavy atom. The molecule has 2 aliphatic carbocycles. The van der Waals surface area contributed by atoms with Gasteiger partial charge in [0.05, 0.1) is 16.4 Å². The summed E-state index contributed by atoms with van der Waals surface area (Å²) in [7, 11) is 0. The third-order valence-corrected chi connectivity index (χ3v) is 15.9. The van der Waals surface area contributed by atoms with E-state index in [1.165, 1.54) is 105 Å². The number of benzene rings is 11. The van der Waals surface area contributed by atoms with Gasteiger partial charge in [0.2, 0.25) is 0 Å². The predicted octanol–water partition coefficient (Wildman–Crippen LogP) is 18.3. The van der Waals surface area contributed by atoms with Crippen LogP contribution >= 0.6 is 0 Å². The van der Waals surface area contributed by atoms with Crippen LogP contribution in [0.25, 0.3) is 72.0 Å². The summed E-state index contributed by atoms with van der Waals surface area (Å²) in [5.41, 5.74) is 24.0. The highest BCUT2D eigenvalue weighted by Gasteiger charge is 2.46. The van der Waals surface area contributed by atoms with Gasteiger partial charge < -0.3 is 9.47 Å². The van der Waals surface area contributed by atoms with E-state index in [9.17, 15) is 0 Å². The molecule has 0 spiro atoms. The van der Waals surface area contributed by atoms with E-state index >= 15 is 0 Å². The molecule has 0 unspecified atom stereocenters. The zero-order valence-corrected chi connectivity index (χ0v) is 40.3. The normalized spacial score (nSPS) is 13.6. The molecule has 2 aliphatic rings. The van der Waals surface area contributed by atoms with Crippen molar-refractivity contribution in [3.8, 4) is 50.2 Å². The van der Waals surface area contributed by atoms with Crippen molar-refractivity contribution in [3.63, 3.8) is 0 Å². The Morgan fingerprint density at radius 2 is 0.736 bits per heavy atom. The van der Waals surface area contributed by atoms with Crippen LogP contribution < -0.4 is 4.90 Å². The van der Waals surface area contributed by atoms with Gasteiger partial charge in [-0.1, -0.05) is 220 Å². The molecule has 0 saturated carbocycles. The molecule has 0 saturated heterocycles. The Morgan fingerprint density at radius 1 is 0.306 bits per heavy atom. The van der Waals surface area contributed by atoms with Gasteiger partial charge in [-0.2, -0.15) is 0 Å². The van der Waals surface area contributed by atoms with E-state index in [0.29, 0.717) is 0 Å².